The zero-order valence-electron chi connectivity index (χ0n) is 26.5. The van der Waals surface area contributed by atoms with Crippen LogP contribution in [0.1, 0.15) is 120 Å². The lowest BCUT2D eigenvalue weighted by Gasteiger charge is -2.47. The zero-order valence-corrected chi connectivity index (χ0v) is 26.5. The van der Waals surface area contributed by atoms with Gasteiger partial charge in [0, 0.05) is 40.9 Å². The summed E-state index contributed by atoms with van der Waals surface area (Å²) in [6.45, 7) is 18.5. The molecule has 0 radical (unpaired) electrons. The molecular weight excluding hydrogens is 508 g/mol. The summed E-state index contributed by atoms with van der Waals surface area (Å²) in [7, 11) is 0. The second-order valence-corrected chi connectivity index (χ2v) is 15.9. The third kappa shape index (κ3) is 9.37. The van der Waals surface area contributed by atoms with Crippen LogP contribution in [0.15, 0.2) is 0 Å². The Morgan fingerprint density at radius 1 is 0.775 bits per heavy atom. The summed E-state index contributed by atoms with van der Waals surface area (Å²) in [5.41, 5.74) is -0.102. The fourth-order valence-corrected chi connectivity index (χ4v) is 8.11. The maximum Gasteiger partial charge on any atom is 0.311 e. The van der Waals surface area contributed by atoms with Gasteiger partial charge in [0.05, 0.1) is 37.4 Å². The van der Waals surface area contributed by atoms with E-state index in [0.717, 1.165) is 64.2 Å². The predicted octanol–water partition coefficient (Wildman–Crippen LogP) is 4.85. The van der Waals surface area contributed by atoms with E-state index in [-0.39, 0.29) is 64.4 Å². The van der Waals surface area contributed by atoms with Crippen molar-refractivity contribution in [2.75, 3.05) is 13.2 Å². The number of aliphatic hydroxyl groups excluding tert-OH is 1. The Morgan fingerprint density at radius 3 is 1.80 bits per heavy atom. The molecule has 0 spiro atoms. The van der Waals surface area contributed by atoms with E-state index < -0.39 is 6.29 Å². The van der Waals surface area contributed by atoms with Crippen LogP contribution >= 0.6 is 0 Å². The average Bonchev–Trinajstić information content (AvgIpc) is 2.79. The van der Waals surface area contributed by atoms with Crippen LogP contribution < -0.4 is 10.6 Å². The lowest BCUT2D eigenvalue weighted by Crippen LogP contribution is -2.60. The van der Waals surface area contributed by atoms with Crippen LogP contribution in [0, 0.1) is 11.8 Å². The first kappa shape index (κ1) is 32.2. The van der Waals surface area contributed by atoms with Gasteiger partial charge in [0.1, 0.15) is 6.10 Å². The number of esters is 1. The molecule has 0 aromatic carbocycles. The van der Waals surface area contributed by atoms with E-state index in [2.05, 4.69) is 66.0 Å². The van der Waals surface area contributed by atoms with Crippen molar-refractivity contribution in [2.24, 2.45) is 11.8 Å². The first-order valence-corrected chi connectivity index (χ1v) is 15.9. The Kier molecular flexibility index (Phi) is 10.0. The van der Waals surface area contributed by atoms with Crippen LogP contribution in [0.4, 0.5) is 0 Å². The highest BCUT2D eigenvalue weighted by Crippen LogP contribution is 2.35. The minimum atomic E-state index is -0.712. The summed E-state index contributed by atoms with van der Waals surface area (Å²) in [5, 5.41) is 18.2. The van der Waals surface area contributed by atoms with Gasteiger partial charge in [-0.15, -0.1) is 0 Å². The molecule has 8 heteroatoms. The standard InChI is InChI=1S/C32H58N2O6/c1-29(2)15-25(16-30(3,4)33-29)39-27(35)21-9-12-23(13-10-21)38-20-24-14-11-22(19-37-24)28(36)40-26-17-31(5,6)34-32(7,8)18-26/h21-27,33-35H,9-20H2,1-8H3. The van der Waals surface area contributed by atoms with Crippen molar-refractivity contribution in [1.82, 2.24) is 10.6 Å². The summed E-state index contributed by atoms with van der Waals surface area (Å²) in [5.74, 6) is -0.145. The van der Waals surface area contributed by atoms with Gasteiger partial charge in [-0.05, 0) is 107 Å². The van der Waals surface area contributed by atoms with Gasteiger partial charge in [-0.25, -0.2) is 0 Å². The molecule has 3 aliphatic heterocycles. The van der Waals surface area contributed by atoms with Gasteiger partial charge in [-0.1, -0.05) is 0 Å². The number of carbonyl (C=O) groups excluding carboxylic acids is 1. The summed E-state index contributed by atoms with van der Waals surface area (Å²) >= 11 is 0. The minimum absolute atomic E-state index is 0.000655. The van der Waals surface area contributed by atoms with E-state index in [4.69, 9.17) is 18.9 Å². The molecule has 0 bridgehead atoms. The Balaban J connectivity index is 1.12. The first-order valence-electron chi connectivity index (χ1n) is 15.9. The molecule has 3 saturated heterocycles. The number of ether oxygens (including phenoxy) is 4. The Labute approximate surface area is 243 Å². The number of hydrogen-bond acceptors (Lipinski definition) is 8. The van der Waals surface area contributed by atoms with Crippen molar-refractivity contribution in [3.8, 4) is 0 Å². The van der Waals surface area contributed by atoms with Crippen LogP contribution in [0.25, 0.3) is 0 Å². The normalized spacial score (nSPS) is 35.1. The van der Waals surface area contributed by atoms with E-state index >= 15 is 0 Å². The second-order valence-electron chi connectivity index (χ2n) is 15.9. The highest BCUT2D eigenvalue weighted by molar-refractivity contribution is 5.73. The molecule has 232 valence electrons. The van der Waals surface area contributed by atoms with Crippen molar-refractivity contribution >= 4 is 5.97 Å². The Bertz CT molecular complexity index is 810. The molecule has 3 heterocycles. The molecule has 1 saturated carbocycles. The van der Waals surface area contributed by atoms with Crippen molar-refractivity contribution in [3.05, 3.63) is 0 Å². The first-order chi connectivity index (χ1) is 18.5. The number of aliphatic hydroxyl groups is 1. The average molecular weight is 567 g/mol. The maximum absolute atomic E-state index is 12.9. The van der Waals surface area contributed by atoms with Crippen LogP contribution in [0.3, 0.4) is 0 Å². The van der Waals surface area contributed by atoms with Gasteiger partial charge < -0.3 is 34.7 Å². The lowest BCUT2D eigenvalue weighted by molar-refractivity contribution is -0.192. The number of carbonyl (C=O) groups is 1. The van der Waals surface area contributed by atoms with E-state index in [1.807, 2.05) is 0 Å². The molecule has 0 aromatic rings. The summed E-state index contributed by atoms with van der Waals surface area (Å²) in [6.07, 6.45) is 8.25. The van der Waals surface area contributed by atoms with E-state index in [0.29, 0.717) is 13.2 Å². The van der Waals surface area contributed by atoms with E-state index in [1.165, 1.54) is 0 Å². The number of hydrogen-bond donors (Lipinski definition) is 3. The fraction of sp³-hybridized carbons (Fsp3) is 0.969. The SMILES string of the molecule is CC1(C)CC(OC(=O)C2CCC(COC3CCC(C(O)OC4CC(C)(C)NC(C)(C)C4)CC3)OC2)CC(C)(C)N1. The predicted molar refractivity (Wildman–Crippen MR) is 156 cm³/mol. The minimum Gasteiger partial charge on any atom is -0.462 e. The Hall–Kier alpha value is -0.770. The van der Waals surface area contributed by atoms with Crippen molar-refractivity contribution in [3.63, 3.8) is 0 Å². The summed E-state index contributed by atoms with van der Waals surface area (Å²) in [4.78, 5) is 12.9. The number of piperidine rings is 2. The van der Waals surface area contributed by atoms with Gasteiger partial charge >= 0.3 is 5.97 Å². The molecule has 4 rings (SSSR count). The topological polar surface area (TPSA) is 98.3 Å². The monoisotopic (exact) mass is 566 g/mol. The van der Waals surface area contributed by atoms with Crippen molar-refractivity contribution < 1.29 is 28.8 Å². The molecule has 8 nitrogen and oxygen atoms in total. The third-order valence-corrected chi connectivity index (χ3v) is 9.26. The lowest BCUT2D eigenvalue weighted by atomic mass is 9.80. The van der Waals surface area contributed by atoms with Gasteiger partial charge in [-0.2, -0.15) is 0 Å². The van der Waals surface area contributed by atoms with Gasteiger partial charge in [0.2, 0.25) is 0 Å². The molecule has 40 heavy (non-hydrogen) atoms. The molecule has 3 N–H and O–H groups in total. The molecule has 3 unspecified atom stereocenters. The van der Waals surface area contributed by atoms with E-state index in [1.54, 1.807) is 0 Å². The molecular formula is C32H58N2O6. The third-order valence-electron chi connectivity index (χ3n) is 9.26. The van der Waals surface area contributed by atoms with Crippen LogP contribution in [-0.2, 0) is 23.7 Å². The number of rotatable bonds is 8. The highest BCUT2D eigenvalue weighted by atomic mass is 16.6. The summed E-state index contributed by atoms with van der Waals surface area (Å²) < 4.78 is 24.5. The van der Waals surface area contributed by atoms with Crippen LogP contribution in [0.5, 0.6) is 0 Å². The molecule has 1 aliphatic carbocycles. The molecule has 3 atom stereocenters. The Morgan fingerprint density at radius 2 is 1.30 bits per heavy atom. The maximum atomic E-state index is 12.9. The van der Waals surface area contributed by atoms with Gasteiger partial charge in [-0.3, -0.25) is 4.79 Å². The van der Waals surface area contributed by atoms with Gasteiger partial charge in [0.15, 0.2) is 6.29 Å². The largest absolute Gasteiger partial charge is 0.462 e. The molecule has 4 aliphatic rings. The zero-order chi connectivity index (χ0) is 29.3. The van der Waals surface area contributed by atoms with Crippen LogP contribution in [-0.4, -0.2) is 77.2 Å². The molecule has 0 aromatic heterocycles. The van der Waals surface area contributed by atoms with Crippen molar-refractivity contribution in [1.29, 1.82) is 0 Å². The highest BCUT2D eigenvalue weighted by Gasteiger charge is 2.42. The molecule has 0 amide bonds. The summed E-state index contributed by atoms with van der Waals surface area (Å²) in [6, 6.07) is 0. The fourth-order valence-electron chi connectivity index (χ4n) is 8.11. The van der Waals surface area contributed by atoms with Crippen LogP contribution in [0.2, 0.25) is 0 Å². The van der Waals surface area contributed by atoms with Crippen molar-refractivity contribution in [2.45, 2.75) is 172 Å². The molecule has 4 fully saturated rings. The second kappa shape index (κ2) is 12.5. The smallest absolute Gasteiger partial charge is 0.311 e. The number of nitrogens with one attached hydrogen (secondary N) is 2. The quantitative estimate of drug-likeness (QED) is 0.283. The van der Waals surface area contributed by atoms with E-state index in [9.17, 15) is 9.90 Å². The van der Waals surface area contributed by atoms with Gasteiger partial charge in [0.25, 0.3) is 0 Å².